The van der Waals surface area contributed by atoms with E-state index in [1.807, 2.05) is 25.1 Å². The Kier molecular flexibility index (Phi) is 3.36. The Morgan fingerprint density at radius 1 is 1.50 bits per heavy atom. The van der Waals surface area contributed by atoms with Gasteiger partial charge in [0.2, 0.25) is 5.91 Å². The highest BCUT2D eigenvalue weighted by Gasteiger charge is 2.34. The van der Waals surface area contributed by atoms with Crippen molar-refractivity contribution < 1.29 is 14.3 Å². The average molecular weight is 247 g/mol. The summed E-state index contributed by atoms with van der Waals surface area (Å²) >= 11 is 0. The highest BCUT2D eigenvalue weighted by Crippen LogP contribution is 2.36. The van der Waals surface area contributed by atoms with Crippen LogP contribution in [0, 0.1) is 6.92 Å². The molecule has 0 bridgehead atoms. The number of aryl methyl sites for hydroxylation is 1. The molecule has 0 unspecified atom stereocenters. The quantitative estimate of drug-likeness (QED) is 0.751. The van der Waals surface area contributed by atoms with Gasteiger partial charge in [-0.1, -0.05) is 17.7 Å². The van der Waals surface area contributed by atoms with Gasteiger partial charge in [-0.2, -0.15) is 0 Å². The van der Waals surface area contributed by atoms with Crippen molar-refractivity contribution in [1.82, 2.24) is 0 Å². The molecule has 0 saturated heterocycles. The van der Waals surface area contributed by atoms with Crippen LogP contribution < -0.4 is 4.90 Å². The highest BCUT2D eigenvalue weighted by atomic mass is 16.5. The Morgan fingerprint density at radius 2 is 2.22 bits per heavy atom. The minimum absolute atomic E-state index is 0.0515. The summed E-state index contributed by atoms with van der Waals surface area (Å²) < 4.78 is 5.05. The predicted octanol–water partition coefficient (Wildman–Crippen LogP) is 2.01. The lowest BCUT2D eigenvalue weighted by Gasteiger charge is -2.30. The smallest absolute Gasteiger partial charge is 0.314 e. The molecule has 4 nitrogen and oxygen atoms in total. The maximum absolute atomic E-state index is 11.9. The number of nitrogens with zero attached hydrogens (tertiary/aromatic N) is 1. The van der Waals surface area contributed by atoms with Gasteiger partial charge in [-0.3, -0.25) is 9.59 Å². The predicted molar refractivity (Wildman–Crippen MR) is 68.6 cm³/mol. The van der Waals surface area contributed by atoms with Gasteiger partial charge in [-0.15, -0.1) is 0 Å². The Balaban J connectivity index is 2.45. The number of carbonyl (C=O) groups excluding carboxylic acids is 2. The molecule has 1 aromatic rings. The van der Waals surface area contributed by atoms with E-state index in [9.17, 15) is 9.59 Å². The lowest BCUT2D eigenvalue weighted by molar-refractivity contribution is -0.146. The number of anilines is 1. The van der Waals surface area contributed by atoms with Crippen LogP contribution in [0.1, 0.15) is 30.4 Å². The van der Waals surface area contributed by atoms with Gasteiger partial charge in [0.1, 0.15) is 0 Å². The molecule has 0 fully saturated rings. The first-order chi connectivity index (χ1) is 8.54. The topological polar surface area (TPSA) is 46.6 Å². The number of rotatable bonds is 2. The number of ether oxygens (including phenoxy) is 1. The molecule has 1 aromatic carbocycles. The van der Waals surface area contributed by atoms with Gasteiger partial charge in [0, 0.05) is 19.2 Å². The third-order valence-electron chi connectivity index (χ3n) is 3.24. The molecule has 1 aliphatic rings. The summed E-state index contributed by atoms with van der Waals surface area (Å²) in [5, 5.41) is 0. The summed E-state index contributed by atoms with van der Waals surface area (Å²) in [5.74, 6) is -0.834. The second-order valence-electron chi connectivity index (χ2n) is 4.52. The first kappa shape index (κ1) is 12.6. The standard InChI is InChI=1S/C14H17NO3/c1-4-18-14(17)11-8-13(16)15(3)12-6-5-9(2)7-10(11)12/h5-7,11H,4,8H2,1-3H3/t11-/m0/s1. The molecular weight excluding hydrogens is 230 g/mol. The van der Waals surface area contributed by atoms with Gasteiger partial charge in [0.05, 0.1) is 12.5 Å². The van der Waals surface area contributed by atoms with Crippen molar-refractivity contribution in [2.24, 2.45) is 0 Å². The van der Waals surface area contributed by atoms with Gasteiger partial charge in [-0.25, -0.2) is 0 Å². The summed E-state index contributed by atoms with van der Waals surface area (Å²) in [6.07, 6.45) is 0.186. The van der Waals surface area contributed by atoms with Crippen molar-refractivity contribution >= 4 is 17.6 Å². The molecule has 2 rings (SSSR count). The van der Waals surface area contributed by atoms with E-state index in [0.29, 0.717) is 6.61 Å². The zero-order valence-corrected chi connectivity index (χ0v) is 10.9. The fourth-order valence-corrected chi connectivity index (χ4v) is 2.27. The number of amides is 1. The molecule has 0 saturated carbocycles. The molecule has 18 heavy (non-hydrogen) atoms. The number of carbonyl (C=O) groups is 2. The summed E-state index contributed by atoms with van der Waals surface area (Å²) in [5.41, 5.74) is 2.76. The summed E-state index contributed by atoms with van der Waals surface area (Å²) in [4.78, 5) is 25.4. The molecule has 0 radical (unpaired) electrons. The highest BCUT2D eigenvalue weighted by molar-refractivity contribution is 6.01. The third-order valence-corrected chi connectivity index (χ3v) is 3.24. The van der Waals surface area contributed by atoms with Gasteiger partial charge < -0.3 is 9.64 Å². The van der Waals surface area contributed by atoms with Crippen molar-refractivity contribution in [3.8, 4) is 0 Å². The molecule has 1 heterocycles. The fraction of sp³-hybridized carbons (Fsp3) is 0.429. The fourth-order valence-electron chi connectivity index (χ4n) is 2.27. The minimum atomic E-state index is -0.469. The van der Waals surface area contributed by atoms with Crippen LogP contribution in [0.5, 0.6) is 0 Å². The average Bonchev–Trinajstić information content (AvgIpc) is 2.34. The number of hydrogen-bond acceptors (Lipinski definition) is 3. The van der Waals surface area contributed by atoms with Crippen molar-refractivity contribution in [1.29, 1.82) is 0 Å². The van der Waals surface area contributed by atoms with Crippen LogP contribution in [0.2, 0.25) is 0 Å². The largest absolute Gasteiger partial charge is 0.466 e. The second kappa shape index (κ2) is 4.80. The molecular formula is C14H17NO3. The van der Waals surface area contributed by atoms with Crippen LogP contribution in [-0.2, 0) is 14.3 Å². The van der Waals surface area contributed by atoms with Crippen LogP contribution in [0.3, 0.4) is 0 Å². The van der Waals surface area contributed by atoms with Crippen molar-refractivity contribution in [3.05, 3.63) is 29.3 Å². The van der Waals surface area contributed by atoms with Crippen molar-refractivity contribution in [2.75, 3.05) is 18.6 Å². The van der Waals surface area contributed by atoms with Crippen LogP contribution in [-0.4, -0.2) is 25.5 Å². The molecule has 1 amide bonds. The Hall–Kier alpha value is -1.84. The Morgan fingerprint density at radius 3 is 2.89 bits per heavy atom. The molecule has 1 aliphatic heterocycles. The Labute approximate surface area is 107 Å². The van der Waals surface area contributed by atoms with E-state index in [-0.39, 0.29) is 18.3 Å². The summed E-state index contributed by atoms with van der Waals surface area (Å²) in [6, 6.07) is 5.78. The molecule has 1 atom stereocenters. The molecule has 0 N–H and O–H groups in total. The van der Waals surface area contributed by atoms with E-state index in [0.717, 1.165) is 16.8 Å². The second-order valence-corrected chi connectivity index (χ2v) is 4.52. The number of fused-ring (bicyclic) bond motifs is 1. The third kappa shape index (κ3) is 2.10. The maximum Gasteiger partial charge on any atom is 0.314 e. The van der Waals surface area contributed by atoms with E-state index in [1.54, 1.807) is 18.9 Å². The van der Waals surface area contributed by atoms with E-state index in [4.69, 9.17) is 4.74 Å². The van der Waals surface area contributed by atoms with Crippen LogP contribution in [0.25, 0.3) is 0 Å². The van der Waals surface area contributed by atoms with Gasteiger partial charge in [-0.05, 0) is 25.5 Å². The lowest BCUT2D eigenvalue weighted by atomic mass is 9.88. The zero-order chi connectivity index (χ0) is 13.3. The van der Waals surface area contributed by atoms with Crippen molar-refractivity contribution in [2.45, 2.75) is 26.2 Å². The first-order valence-corrected chi connectivity index (χ1v) is 6.08. The normalized spacial score (nSPS) is 18.5. The SMILES string of the molecule is CCOC(=O)[C@H]1CC(=O)N(C)c2ccc(C)cc21. The monoisotopic (exact) mass is 247 g/mol. The summed E-state index contributed by atoms with van der Waals surface area (Å²) in [6.45, 7) is 4.07. The summed E-state index contributed by atoms with van der Waals surface area (Å²) in [7, 11) is 1.73. The van der Waals surface area contributed by atoms with Crippen LogP contribution in [0.15, 0.2) is 18.2 Å². The van der Waals surface area contributed by atoms with Gasteiger partial charge >= 0.3 is 5.97 Å². The minimum Gasteiger partial charge on any atom is -0.466 e. The molecule has 0 spiro atoms. The molecule has 4 heteroatoms. The molecule has 0 aromatic heterocycles. The first-order valence-electron chi connectivity index (χ1n) is 6.08. The number of esters is 1. The molecule has 96 valence electrons. The lowest BCUT2D eigenvalue weighted by Crippen LogP contribution is -2.36. The Bertz CT molecular complexity index is 496. The van der Waals surface area contributed by atoms with Gasteiger partial charge in [0.15, 0.2) is 0 Å². The van der Waals surface area contributed by atoms with E-state index in [1.165, 1.54) is 0 Å². The van der Waals surface area contributed by atoms with E-state index >= 15 is 0 Å². The molecule has 0 aliphatic carbocycles. The number of hydrogen-bond donors (Lipinski definition) is 0. The van der Waals surface area contributed by atoms with Gasteiger partial charge in [0.25, 0.3) is 0 Å². The zero-order valence-electron chi connectivity index (χ0n) is 10.9. The van der Waals surface area contributed by atoms with Crippen LogP contribution in [0.4, 0.5) is 5.69 Å². The van der Waals surface area contributed by atoms with Crippen molar-refractivity contribution in [3.63, 3.8) is 0 Å². The van der Waals surface area contributed by atoms with E-state index in [2.05, 4.69) is 0 Å². The number of benzene rings is 1. The maximum atomic E-state index is 11.9. The van der Waals surface area contributed by atoms with E-state index < -0.39 is 5.92 Å². The van der Waals surface area contributed by atoms with Crippen LogP contribution >= 0.6 is 0 Å².